The number of ether oxygens (including phenoxy) is 4. The molecule has 0 radical (unpaired) electrons. The number of rotatable bonds is 11. The van der Waals surface area contributed by atoms with Gasteiger partial charge >= 0.3 is 18.0 Å². The molecule has 190 valence electrons. The van der Waals surface area contributed by atoms with E-state index in [2.05, 4.69) is 16.6 Å². The van der Waals surface area contributed by atoms with Crippen LogP contribution in [0, 0.1) is 0 Å². The Labute approximate surface area is 207 Å². The first-order valence-corrected chi connectivity index (χ1v) is 10.9. The Morgan fingerprint density at radius 2 is 1.97 bits per heavy atom. The van der Waals surface area contributed by atoms with Crippen LogP contribution in [-0.4, -0.2) is 56.2 Å². The highest BCUT2D eigenvalue weighted by molar-refractivity contribution is 6.13. The summed E-state index contributed by atoms with van der Waals surface area (Å²) in [7, 11) is 2.66. The fraction of sp³-hybridized carbons (Fsp3) is 0.280. The molecular weight excluding hydrogens is 472 g/mol. The summed E-state index contributed by atoms with van der Waals surface area (Å²) < 4.78 is 25.9. The van der Waals surface area contributed by atoms with Crippen LogP contribution in [0.25, 0.3) is 6.08 Å². The quantitative estimate of drug-likeness (QED) is 0.215. The molecule has 1 aromatic heterocycles. The molecule has 1 aliphatic rings. The van der Waals surface area contributed by atoms with E-state index in [4.69, 9.17) is 18.6 Å². The highest BCUT2D eigenvalue weighted by atomic mass is 16.6. The van der Waals surface area contributed by atoms with Crippen molar-refractivity contribution in [3.05, 3.63) is 65.3 Å². The largest absolute Gasteiger partial charge is 0.493 e. The first-order chi connectivity index (χ1) is 17.3. The number of nitrogens with one attached hydrogen (secondary N) is 1. The van der Waals surface area contributed by atoms with Crippen LogP contribution in [0.4, 0.5) is 4.79 Å². The maximum atomic E-state index is 12.9. The Morgan fingerprint density at radius 1 is 1.19 bits per heavy atom. The Hall–Kier alpha value is -4.54. The molecule has 0 saturated carbocycles. The molecule has 0 unspecified atom stereocenters. The second kappa shape index (κ2) is 11.7. The zero-order chi connectivity index (χ0) is 26.2. The lowest BCUT2D eigenvalue weighted by atomic mass is 10.0. The number of carbonyl (C=O) groups excluding carboxylic acids is 4. The van der Waals surface area contributed by atoms with E-state index in [-0.39, 0.29) is 37.0 Å². The summed E-state index contributed by atoms with van der Waals surface area (Å²) >= 11 is 0. The van der Waals surface area contributed by atoms with Crippen LogP contribution in [0.1, 0.15) is 34.4 Å². The minimum Gasteiger partial charge on any atom is -0.493 e. The fourth-order valence-corrected chi connectivity index (χ4v) is 3.43. The van der Waals surface area contributed by atoms with Crippen LogP contribution in [0.3, 0.4) is 0 Å². The molecule has 3 rings (SSSR count). The van der Waals surface area contributed by atoms with E-state index < -0.39 is 23.9 Å². The third-order valence-electron chi connectivity index (χ3n) is 5.01. The average molecular weight is 498 g/mol. The molecule has 0 atom stereocenters. The molecule has 1 N–H and O–H groups in total. The molecular formula is C25H26N2O9. The minimum atomic E-state index is -0.669. The monoisotopic (exact) mass is 498 g/mol. The van der Waals surface area contributed by atoms with Gasteiger partial charge in [-0.25, -0.2) is 14.4 Å². The van der Waals surface area contributed by atoms with Crippen LogP contribution in [0.15, 0.2) is 47.0 Å². The summed E-state index contributed by atoms with van der Waals surface area (Å²) in [6, 6.07) is 5.58. The maximum absolute atomic E-state index is 12.9. The predicted molar refractivity (Wildman–Crippen MR) is 126 cm³/mol. The van der Waals surface area contributed by atoms with Gasteiger partial charge < -0.3 is 28.7 Å². The maximum Gasteiger partial charge on any atom is 0.373 e. The number of benzene rings is 1. The number of nitrogens with zero attached hydrogens (tertiary/aromatic N) is 1. The molecule has 0 bridgehead atoms. The van der Waals surface area contributed by atoms with Crippen LogP contribution < -0.4 is 14.8 Å². The van der Waals surface area contributed by atoms with Gasteiger partial charge in [0.1, 0.15) is 11.5 Å². The van der Waals surface area contributed by atoms with E-state index in [1.54, 1.807) is 25.1 Å². The SMILES string of the molecule is C=CCc1cc(C=C2NC(=O)N(Cc3ccc(C(=O)OC)o3)C2=O)cc(OC)c1OCC(=O)OCC. The third kappa shape index (κ3) is 5.93. The number of amides is 3. The van der Waals surface area contributed by atoms with E-state index in [0.29, 0.717) is 29.0 Å². The minimum absolute atomic E-state index is 0.0338. The fourth-order valence-electron chi connectivity index (χ4n) is 3.43. The van der Waals surface area contributed by atoms with Gasteiger partial charge in [-0.2, -0.15) is 0 Å². The van der Waals surface area contributed by atoms with Crippen LogP contribution in [0.5, 0.6) is 11.5 Å². The highest BCUT2D eigenvalue weighted by Gasteiger charge is 2.34. The number of hydrogen-bond acceptors (Lipinski definition) is 9. The van der Waals surface area contributed by atoms with Gasteiger partial charge in [0.05, 0.1) is 27.4 Å². The standard InChI is InChI=1S/C25H26N2O9/c1-5-7-16-10-15(12-20(32-3)22(16)35-14-21(28)34-6-2)11-18-23(29)27(25(31)26-18)13-17-8-9-19(36-17)24(30)33-4/h5,8-12H,1,6-7,13-14H2,2-4H3,(H,26,31). The van der Waals surface area contributed by atoms with Gasteiger partial charge in [0, 0.05) is 5.56 Å². The number of esters is 2. The normalized spacial score (nSPS) is 14.0. The van der Waals surface area contributed by atoms with E-state index in [1.807, 2.05) is 0 Å². The summed E-state index contributed by atoms with van der Waals surface area (Å²) in [5.41, 5.74) is 1.23. The van der Waals surface area contributed by atoms with Gasteiger partial charge in [0.2, 0.25) is 5.76 Å². The van der Waals surface area contributed by atoms with E-state index in [9.17, 15) is 19.2 Å². The summed E-state index contributed by atoms with van der Waals surface area (Å²) in [5, 5.41) is 2.53. The lowest BCUT2D eigenvalue weighted by Gasteiger charge is -2.15. The van der Waals surface area contributed by atoms with Crippen molar-refractivity contribution in [1.29, 1.82) is 0 Å². The molecule has 1 aromatic carbocycles. The van der Waals surface area contributed by atoms with Gasteiger partial charge in [0.15, 0.2) is 18.1 Å². The lowest BCUT2D eigenvalue weighted by molar-refractivity contribution is -0.145. The smallest absolute Gasteiger partial charge is 0.373 e. The summed E-state index contributed by atoms with van der Waals surface area (Å²) in [6.07, 6.45) is 3.53. The van der Waals surface area contributed by atoms with Gasteiger partial charge in [-0.05, 0) is 49.2 Å². The molecule has 11 nitrogen and oxygen atoms in total. The van der Waals surface area contributed by atoms with E-state index in [1.165, 1.54) is 32.4 Å². The molecule has 2 aromatic rings. The molecule has 0 aliphatic carbocycles. The van der Waals surface area contributed by atoms with Crippen molar-refractivity contribution >= 4 is 30.0 Å². The summed E-state index contributed by atoms with van der Waals surface area (Å²) in [6.45, 7) is 5.19. The van der Waals surface area contributed by atoms with Gasteiger partial charge in [-0.3, -0.25) is 9.69 Å². The molecule has 1 aliphatic heterocycles. The van der Waals surface area contributed by atoms with Gasteiger partial charge in [0.25, 0.3) is 5.91 Å². The summed E-state index contributed by atoms with van der Waals surface area (Å²) in [5.74, 6) is -0.910. The van der Waals surface area contributed by atoms with Crippen LogP contribution in [0.2, 0.25) is 0 Å². The van der Waals surface area contributed by atoms with Crippen LogP contribution in [-0.2, 0) is 32.0 Å². The first-order valence-electron chi connectivity index (χ1n) is 10.9. The van der Waals surface area contributed by atoms with Crippen molar-refractivity contribution in [3.8, 4) is 11.5 Å². The number of hydrogen-bond donors (Lipinski definition) is 1. The molecule has 3 amide bonds. The van der Waals surface area contributed by atoms with Crippen molar-refractivity contribution in [2.45, 2.75) is 19.9 Å². The van der Waals surface area contributed by atoms with E-state index in [0.717, 1.165) is 4.90 Å². The Kier molecular flexibility index (Phi) is 8.50. The molecule has 36 heavy (non-hydrogen) atoms. The zero-order valence-corrected chi connectivity index (χ0v) is 20.1. The number of urea groups is 1. The average Bonchev–Trinajstić information content (AvgIpc) is 3.43. The van der Waals surface area contributed by atoms with Crippen LogP contribution >= 0.6 is 0 Å². The third-order valence-corrected chi connectivity index (χ3v) is 5.01. The Balaban J connectivity index is 1.84. The second-order valence-electron chi connectivity index (χ2n) is 7.43. The lowest BCUT2D eigenvalue weighted by Crippen LogP contribution is -2.30. The van der Waals surface area contributed by atoms with Crippen molar-refractivity contribution in [2.24, 2.45) is 0 Å². The number of allylic oxidation sites excluding steroid dienone is 1. The topological polar surface area (TPSA) is 134 Å². The first kappa shape index (κ1) is 26.1. The second-order valence-corrected chi connectivity index (χ2v) is 7.43. The molecule has 0 spiro atoms. The number of carbonyl (C=O) groups is 4. The van der Waals surface area contributed by atoms with Crippen molar-refractivity contribution in [3.63, 3.8) is 0 Å². The van der Waals surface area contributed by atoms with Gasteiger partial charge in [-0.1, -0.05) is 6.08 Å². The highest BCUT2D eigenvalue weighted by Crippen LogP contribution is 2.34. The molecule has 11 heteroatoms. The zero-order valence-electron chi connectivity index (χ0n) is 20.1. The van der Waals surface area contributed by atoms with Crippen molar-refractivity contribution in [2.75, 3.05) is 27.4 Å². The number of imide groups is 1. The molecule has 2 heterocycles. The van der Waals surface area contributed by atoms with Crippen molar-refractivity contribution < 1.29 is 42.5 Å². The van der Waals surface area contributed by atoms with E-state index >= 15 is 0 Å². The summed E-state index contributed by atoms with van der Waals surface area (Å²) in [4.78, 5) is 49.6. The molecule has 1 fully saturated rings. The Morgan fingerprint density at radius 3 is 2.64 bits per heavy atom. The van der Waals surface area contributed by atoms with Crippen molar-refractivity contribution in [1.82, 2.24) is 10.2 Å². The number of methoxy groups -OCH3 is 2. The number of furan rings is 1. The van der Waals surface area contributed by atoms with Gasteiger partial charge in [-0.15, -0.1) is 6.58 Å². The molecule has 1 saturated heterocycles. The predicted octanol–water partition coefficient (Wildman–Crippen LogP) is 2.84. The Bertz CT molecular complexity index is 1210.